The van der Waals surface area contributed by atoms with Crippen LogP contribution in [0.1, 0.15) is 0 Å². The maximum Gasteiger partial charge on any atom is 0.135 e. The normalized spacial score (nSPS) is 11.9. The quantitative estimate of drug-likeness (QED) is 0.157. The molecule has 0 N–H and O–H groups in total. The van der Waals surface area contributed by atoms with E-state index in [4.69, 9.17) is 4.42 Å². The first-order valence-electron chi connectivity index (χ1n) is 24.7. The number of benzene rings is 11. The molecule has 15 rings (SSSR count). The van der Waals surface area contributed by atoms with Gasteiger partial charge in [-0.25, -0.2) is 0 Å². The van der Waals surface area contributed by atoms with E-state index in [2.05, 4.69) is 275 Å². The van der Waals surface area contributed by atoms with E-state index in [9.17, 15) is 0 Å². The minimum atomic E-state index is 0.865. The van der Waals surface area contributed by atoms with Crippen LogP contribution in [0.15, 0.2) is 265 Å². The molecular weight excluding hydrogens is 875 g/mol. The molecule has 0 bridgehead atoms. The van der Waals surface area contributed by atoms with Gasteiger partial charge in [0.1, 0.15) is 16.8 Å². The third-order valence-corrected chi connectivity index (χ3v) is 14.8. The topological polar surface area (TPSA) is 27.9 Å². The minimum absolute atomic E-state index is 0.865. The third-order valence-electron chi connectivity index (χ3n) is 14.8. The van der Waals surface area contributed by atoms with Crippen molar-refractivity contribution in [2.45, 2.75) is 0 Å². The van der Waals surface area contributed by atoms with Crippen LogP contribution in [0, 0.1) is 0 Å². The van der Waals surface area contributed by atoms with E-state index in [1.807, 2.05) is 0 Å². The summed E-state index contributed by atoms with van der Waals surface area (Å²) in [5, 5.41) is 8.25. The summed E-state index contributed by atoms with van der Waals surface area (Å²) in [4.78, 5) is 0. The van der Waals surface area contributed by atoms with E-state index < -0.39 is 0 Å². The Morgan fingerprint density at radius 3 is 1.36 bits per heavy atom. The fourth-order valence-corrected chi connectivity index (χ4v) is 11.5. The Labute approximate surface area is 415 Å². The van der Waals surface area contributed by atoms with Gasteiger partial charge in [0.15, 0.2) is 0 Å². The van der Waals surface area contributed by atoms with E-state index in [0.717, 1.165) is 66.8 Å². The molecule has 0 fully saturated rings. The Morgan fingerprint density at radius 2 is 0.667 bits per heavy atom. The van der Waals surface area contributed by atoms with Crippen LogP contribution in [0.3, 0.4) is 0 Å². The number of nitrogens with zero attached hydrogens (tertiary/aromatic N) is 3. The highest BCUT2D eigenvalue weighted by molar-refractivity contribution is 6.23. The summed E-state index contributed by atoms with van der Waals surface area (Å²) in [5.41, 5.74) is 20.3. The van der Waals surface area contributed by atoms with Crippen LogP contribution < -0.4 is 0 Å². The zero-order valence-electron chi connectivity index (χ0n) is 39.1. The van der Waals surface area contributed by atoms with Crippen molar-refractivity contribution in [2.75, 3.05) is 0 Å². The highest BCUT2D eigenvalue weighted by Gasteiger charge is 2.24. The summed E-state index contributed by atoms with van der Waals surface area (Å²) in [6, 6.07) is 94.7. The molecule has 0 unspecified atom stereocenters. The smallest absolute Gasteiger partial charge is 0.135 e. The Balaban J connectivity index is 0.935. The first-order valence-corrected chi connectivity index (χ1v) is 24.7. The molecule has 0 aliphatic rings. The van der Waals surface area contributed by atoms with Gasteiger partial charge in [0.25, 0.3) is 0 Å². The highest BCUT2D eigenvalue weighted by Crippen LogP contribution is 2.44. The van der Waals surface area contributed by atoms with Crippen LogP contribution in [-0.2, 0) is 0 Å². The van der Waals surface area contributed by atoms with E-state index in [-0.39, 0.29) is 0 Å². The molecule has 4 heteroatoms. The third kappa shape index (κ3) is 6.26. The molecule has 0 radical (unpaired) electrons. The molecule has 0 spiro atoms. The zero-order chi connectivity index (χ0) is 47.3. The van der Waals surface area contributed by atoms with Gasteiger partial charge in [-0.1, -0.05) is 170 Å². The van der Waals surface area contributed by atoms with Crippen LogP contribution in [0.5, 0.6) is 0 Å². The molecule has 4 heterocycles. The van der Waals surface area contributed by atoms with E-state index in [1.54, 1.807) is 0 Å². The number of para-hydroxylation sites is 3. The molecule has 0 aliphatic heterocycles. The summed E-state index contributed by atoms with van der Waals surface area (Å²) in [5.74, 6) is 0. The molecule has 4 aromatic heterocycles. The largest absolute Gasteiger partial charge is 0.456 e. The van der Waals surface area contributed by atoms with Gasteiger partial charge < -0.3 is 8.98 Å². The molecule has 72 heavy (non-hydrogen) atoms. The van der Waals surface area contributed by atoms with Crippen LogP contribution >= 0.6 is 0 Å². The first kappa shape index (κ1) is 40.3. The number of aromatic nitrogens is 3. The predicted molar refractivity (Wildman–Crippen MR) is 301 cm³/mol. The monoisotopic (exact) mass is 917 g/mol. The van der Waals surface area contributed by atoms with Crippen molar-refractivity contribution in [1.82, 2.24) is 13.7 Å². The van der Waals surface area contributed by atoms with Gasteiger partial charge in [-0.2, -0.15) is 0 Å². The lowest BCUT2D eigenvalue weighted by molar-refractivity contribution is 0.669. The Hall–Kier alpha value is -9.64. The van der Waals surface area contributed by atoms with Crippen molar-refractivity contribution in [3.8, 4) is 61.6 Å². The Bertz CT molecular complexity index is 4610. The average Bonchev–Trinajstić information content (AvgIpc) is 4.19. The number of hydrogen-bond acceptors (Lipinski definition) is 1. The summed E-state index contributed by atoms with van der Waals surface area (Å²) < 4.78 is 13.9. The van der Waals surface area contributed by atoms with E-state index in [1.165, 1.54) is 71.4 Å². The standard InChI is InChI=1S/C68H43N3O/c1-4-16-44(17-5-1)46-20-14-21-47(38-46)48-22-15-23-49(39-48)51-30-35-63-58(40-51)55-26-10-12-28-61(55)69(63)54-32-34-57-64(43-54)71(68-67(57)56-27-11-13-29-62(56)70(68)52-24-8-3-9-25-52)53-33-37-66-60(42-53)59-41-50(31-36-65(59)72-66)45-18-6-2-7-19-45/h1-43H. The molecule has 0 amide bonds. The molecular formula is C68H43N3O. The second-order valence-electron chi connectivity index (χ2n) is 18.9. The molecule has 0 aliphatic carbocycles. The summed E-state index contributed by atoms with van der Waals surface area (Å²) in [6.07, 6.45) is 0. The van der Waals surface area contributed by atoms with Gasteiger partial charge in [0.05, 0.1) is 22.1 Å². The van der Waals surface area contributed by atoms with Crippen molar-refractivity contribution < 1.29 is 4.42 Å². The molecule has 336 valence electrons. The minimum Gasteiger partial charge on any atom is -0.456 e. The first-order chi connectivity index (χ1) is 35.7. The van der Waals surface area contributed by atoms with Crippen molar-refractivity contribution in [3.05, 3.63) is 261 Å². The van der Waals surface area contributed by atoms with Gasteiger partial charge in [-0.05, 0) is 136 Å². The SMILES string of the molecule is c1ccc(-c2cccc(-c3cccc(-c4ccc5c(c4)c4ccccc4n5-c4ccc5c6c7ccccc7n(-c7ccccc7)c6n(-c6ccc7oc8ccc(-c9ccccc9)cc8c7c6)c5c4)c3)c2)cc1. The van der Waals surface area contributed by atoms with Crippen molar-refractivity contribution >= 4 is 76.6 Å². The number of fused-ring (bicyclic) bond motifs is 11. The molecule has 4 nitrogen and oxygen atoms in total. The van der Waals surface area contributed by atoms with Crippen LogP contribution in [-0.4, -0.2) is 13.7 Å². The summed E-state index contributed by atoms with van der Waals surface area (Å²) in [6.45, 7) is 0. The second-order valence-corrected chi connectivity index (χ2v) is 18.9. The Kier molecular flexibility index (Phi) is 8.92. The zero-order valence-corrected chi connectivity index (χ0v) is 39.1. The van der Waals surface area contributed by atoms with E-state index >= 15 is 0 Å². The number of furan rings is 1. The maximum absolute atomic E-state index is 6.55. The van der Waals surface area contributed by atoms with Gasteiger partial charge in [0.2, 0.25) is 0 Å². The maximum atomic E-state index is 6.55. The predicted octanol–water partition coefficient (Wildman–Crippen LogP) is 18.4. The molecule has 15 aromatic rings. The molecule has 0 atom stereocenters. The second kappa shape index (κ2) is 16.0. The lowest BCUT2D eigenvalue weighted by Gasteiger charge is -2.14. The lowest BCUT2D eigenvalue weighted by Crippen LogP contribution is -2.02. The van der Waals surface area contributed by atoms with Gasteiger partial charge in [-0.15, -0.1) is 0 Å². The van der Waals surface area contributed by atoms with Crippen LogP contribution in [0.25, 0.3) is 138 Å². The summed E-state index contributed by atoms with van der Waals surface area (Å²) >= 11 is 0. The van der Waals surface area contributed by atoms with Gasteiger partial charge in [0, 0.05) is 54.8 Å². The molecule has 0 saturated carbocycles. The lowest BCUT2D eigenvalue weighted by atomic mass is 9.96. The number of rotatable bonds is 7. The van der Waals surface area contributed by atoms with E-state index in [0.29, 0.717) is 0 Å². The number of hydrogen-bond donors (Lipinski definition) is 0. The van der Waals surface area contributed by atoms with Crippen molar-refractivity contribution in [3.63, 3.8) is 0 Å². The average molecular weight is 918 g/mol. The Morgan fingerprint density at radius 1 is 0.222 bits per heavy atom. The molecule has 0 saturated heterocycles. The van der Waals surface area contributed by atoms with Gasteiger partial charge in [-0.3, -0.25) is 9.13 Å². The van der Waals surface area contributed by atoms with Gasteiger partial charge >= 0.3 is 0 Å². The molecule has 11 aromatic carbocycles. The van der Waals surface area contributed by atoms with Crippen LogP contribution in [0.2, 0.25) is 0 Å². The van der Waals surface area contributed by atoms with Crippen molar-refractivity contribution in [2.24, 2.45) is 0 Å². The summed E-state index contributed by atoms with van der Waals surface area (Å²) in [7, 11) is 0. The van der Waals surface area contributed by atoms with Crippen LogP contribution in [0.4, 0.5) is 0 Å². The fourth-order valence-electron chi connectivity index (χ4n) is 11.5. The highest BCUT2D eigenvalue weighted by atomic mass is 16.3. The fraction of sp³-hybridized carbons (Fsp3) is 0. The van der Waals surface area contributed by atoms with Crippen molar-refractivity contribution in [1.29, 1.82) is 0 Å².